The van der Waals surface area contributed by atoms with Gasteiger partial charge in [-0.1, -0.05) is 12.5 Å². The minimum Gasteiger partial charge on any atom is -0.352 e. The summed E-state index contributed by atoms with van der Waals surface area (Å²) in [5, 5.41) is 5.63. The Morgan fingerprint density at radius 2 is 2.19 bits per heavy atom. The van der Waals surface area contributed by atoms with E-state index in [9.17, 15) is 9.59 Å². The number of carbonyl (C=O) groups excluding carboxylic acids is 2. The van der Waals surface area contributed by atoms with Crippen molar-refractivity contribution < 1.29 is 9.59 Å². The number of carbonyl (C=O) groups is 2. The summed E-state index contributed by atoms with van der Waals surface area (Å²) in [5.41, 5.74) is 6.70. The summed E-state index contributed by atoms with van der Waals surface area (Å²) >= 11 is 0. The highest BCUT2D eigenvalue weighted by Crippen LogP contribution is 2.37. The molecular weight excluding hydrogens is 266 g/mol. The molecule has 0 radical (unpaired) electrons. The molecule has 0 spiro atoms. The lowest BCUT2D eigenvalue weighted by molar-refractivity contribution is -0.125. The molecule has 0 heterocycles. The Hall–Kier alpha value is -1.88. The maximum absolute atomic E-state index is 12.5. The molecule has 5 nitrogen and oxygen atoms in total. The molecule has 0 bridgehead atoms. The van der Waals surface area contributed by atoms with Crippen LogP contribution < -0.4 is 16.4 Å². The molecule has 1 aromatic rings. The Morgan fingerprint density at radius 1 is 1.43 bits per heavy atom. The average molecular weight is 289 g/mol. The molecule has 2 unspecified atom stereocenters. The van der Waals surface area contributed by atoms with Gasteiger partial charge in [-0.25, -0.2) is 0 Å². The highest BCUT2D eigenvalue weighted by Gasteiger charge is 2.42. The van der Waals surface area contributed by atoms with E-state index in [1.54, 1.807) is 24.3 Å². The number of hydrogen-bond acceptors (Lipinski definition) is 3. The van der Waals surface area contributed by atoms with E-state index in [2.05, 4.69) is 10.6 Å². The van der Waals surface area contributed by atoms with Gasteiger partial charge in [-0.3, -0.25) is 9.59 Å². The second-order valence-corrected chi connectivity index (χ2v) is 5.81. The molecule has 21 heavy (non-hydrogen) atoms. The topological polar surface area (TPSA) is 84.2 Å². The molecule has 0 aliphatic heterocycles. The number of hydrogen-bond donors (Lipinski definition) is 3. The molecule has 1 fully saturated rings. The highest BCUT2D eigenvalue weighted by atomic mass is 16.2. The van der Waals surface area contributed by atoms with E-state index in [0.717, 1.165) is 19.3 Å². The Balaban J connectivity index is 2.11. The van der Waals surface area contributed by atoms with Crippen LogP contribution in [0.1, 0.15) is 43.5 Å². The van der Waals surface area contributed by atoms with Crippen LogP contribution in [-0.4, -0.2) is 24.4 Å². The van der Waals surface area contributed by atoms with Gasteiger partial charge in [0, 0.05) is 23.8 Å². The monoisotopic (exact) mass is 289 g/mol. The van der Waals surface area contributed by atoms with Gasteiger partial charge in [0.15, 0.2) is 0 Å². The predicted molar refractivity (Wildman–Crippen MR) is 83.0 cm³/mol. The van der Waals surface area contributed by atoms with Crippen LogP contribution in [0, 0.1) is 5.41 Å². The van der Waals surface area contributed by atoms with Crippen LogP contribution >= 0.6 is 0 Å². The van der Waals surface area contributed by atoms with Gasteiger partial charge in [0.05, 0.1) is 5.41 Å². The minimum absolute atomic E-state index is 0.0689. The number of rotatable bonds is 4. The smallest absolute Gasteiger partial charge is 0.251 e. The molecule has 2 rings (SSSR count). The first-order valence-corrected chi connectivity index (χ1v) is 7.42. The van der Waals surface area contributed by atoms with Crippen molar-refractivity contribution in [2.75, 3.05) is 11.9 Å². The fraction of sp³-hybridized carbons (Fsp3) is 0.500. The lowest BCUT2D eigenvalue weighted by atomic mass is 9.84. The molecule has 1 saturated carbocycles. The van der Waals surface area contributed by atoms with Gasteiger partial charge >= 0.3 is 0 Å². The Kier molecular flexibility index (Phi) is 4.63. The molecule has 1 aromatic carbocycles. The summed E-state index contributed by atoms with van der Waals surface area (Å²) in [6.07, 6.45) is 2.66. The number of nitrogens with two attached hydrogens (primary N) is 1. The van der Waals surface area contributed by atoms with Crippen molar-refractivity contribution in [3.8, 4) is 0 Å². The zero-order chi connectivity index (χ0) is 15.5. The van der Waals surface area contributed by atoms with Crippen LogP contribution in [0.3, 0.4) is 0 Å². The first kappa shape index (κ1) is 15.5. The van der Waals surface area contributed by atoms with Gasteiger partial charge in [-0.05, 0) is 44.9 Å². The third-order valence-electron chi connectivity index (χ3n) is 4.27. The van der Waals surface area contributed by atoms with E-state index in [1.807, 2.05) is 13.8 Å². The number of amides is 2. The van der Waals surface area contributed by atoms with Crippen LogP contribution in [0.2, 0.25) is 0 Å². The van der Waals surface area contributed by atoms with Crippen molar-refractivity contribution in [3.63, 3.8) is 0 Å². The maximum Gasteiger partial charge on any atom is 0.251 e. The normalized spacial score (nSPS) is 24.6. The molecular formula is C16H23N3O2. The van der Waals surface area contributed by atoms with Crippen molar-refractivity contribution in [2.24, 2.45) is 11.1 Å². The Morgan fingerprint density at radius 3 is 2.81 bits per heavy atom. The Labute approximate surface area is 125 Å². The van der Waals surface area contributed by atoms with Crippen molar-refractivity contribution >= 4 is 17.5 Å². The highest BCUT2D eigenvalue weighted by molar-refractivity contribution is 5.99. The van der Waals surface area contributed by atoms with Crippen molar-refractivity contribution in [2.45, 2.75) is 39.2 Å². The second-order valence-electron chi connectivity index (χ2n) is 5.81. The van der Waals surface area contributed by atoms with Crippen LogP contribution in [0.25, 0.3) is 0 Å². The maximum atomic E-state index is 12.5. The van der Waals surface area contributed by atoms with Crippen molar-refractivity contribution in [1.29, 1.82) is 0 Å². The molecule has 2 atom stereocenters. The molecule has 5 heteroatoms. The van der Waals surface area contributed by atoms with E-state index >= 15 is 0 Å². The van der Waals surface area contributed by atoms with E-state index in [4.69, 9.17) is 5.73 Å². The van der Waals surface area contributed by atoms with Crippen molar-refractivity contribution in [1.82, 2.24) is 5.32 Å². The van der Waals surface area contributed by atoms with E-state index in [0.29, 0.717) is 17.8 Å². The van der Waals surface area contributed by atoms with Gasteiger partial charge in [0.25, 0.3) is 5.91 Å². The van der Waals surface area contributed by atoms with Crippen LogP contribution in [0.4, 0.5) is 5.69 Å². The molecule has 1 aliphatic carbocycles. The van der Waals surface area contributed by atoms with Crippen LogP contribution in [0.15, 0.2) is 24.3 Å². The van der Waals surface area contributed by atoms with Gasteiger partial charge in [-0.15, -0.1) is 0 Å². The Bertz CT molecular complexity index is 544. The fourth-order valence-corrected chi connectivity index (χ4v) is 2.75. The SMILES string of the molecule is CCNC(=O)c1cccc(NC(=O)C2(C)CCCC2N)c1. The molecule has 4 N–H and O–H groups in total. The average Bonchev–Trinajstić information content (AvgIpc) is 2.80. The third-order valence-corrected chi connectivity index (χ3v) is 4.27. The van der Waals surface area contributed by atoms with Crippen LogP contribution in [-0.2, 0) is 4.79 Å². The lowest BCUT2D eigenvalue weighted by Crippen LogP contribution is -2.44. The van der Waals surface area contributed by atoms with E-state index < -0.39 is 5.41 Å². The van der Waals surface area contributed by atoms with E-state index in [1.165, 1.54) is 0 Å². The standard InChI is InChI=1S/C16H23N3O2/c1-3-18-14(20)11-6-4-7-12(10-11)19-15(21)16(2)9-5-8-13(16)17/h4,6-7,10,13H,3,5,8-9,17H2,1-2H3,(H,18,20)(H,19,21). The summed E-state index contributed by atoms with van der Waals surface area (Å²) < 4.78 is 0. The minimum atomic E-state index is -0.526. The quantitative estimate of drug-likeness (QED) is 0.791. The number of benzene rings is 1. The zero-order valence-corrected chi connectivity index (χ0v) is 12.6. The third kappa shape index (κ3) is 3.24. The lowest BCUT2D eigenvalue weighted by Gasteiger charge is -2.27. The van der Waals surface area contributed by atoms with Gasteiger partial charge in [0.1, 0.15) is 0 Å². The number of nitrogens with one attached hydrogen (secondary N) is 2. The van der Waals surface area contributed by atoms with E-state index in [-0.39, 0.29) is 17.9 Å². The summed E-state index contributed by atoms with van der Waals surface area (Å²) in [6, 6.07) is 6.85. The molecule has 2 amide bonds. The summed E-state index contributed by atoms with van der Waals surface area (Å²) in [4.78, 5) is 24.3. The first-order chi connectivity index (χ1) is 9.97. The molecule has 0 saturated heterocycles. The predicted octanol–water partition coefficient (Wildman–Crippen LogP) is 1.89. The zero-order valence-electron chi connectivity index (χ0n) is 12.6. The van der Waals surface area contributed by atoms with Crippen molar-refractivity contribution in [3.05, 3.63) is 29.8 Å². The summed E-state index contributed by atoms with van der Waals surface area (Å²) in [5.74, 6) is -0.210. The first-order valence-electron chi connectivity index (χ1n) is 7.42. The summed E-state index contributed by atoms with van der Waals surface area (Å²) in [6.45, 7) is 4.35. The van der Waals surface area contributed by atoms with Gasteiger partial charge in [0.2, 0.25) is 5.91 Å². The largest absolute Gasteiger partial charge is 0.352 e. The second kappa shape index (κ2) is 6.26. The fourth-order valence-electron chi connectivity index (χ4n) is 2.75. The summed E-state index contributed by atoms with van der Waals surface area (Å²) in [7, 11) is 0. The van der Waals surface area contributed by atoms with Crippen LogP contribution in [0.5, 0.6) is 0 Å². The van der Waals surface area contributed by atoms with Gasteiger partial charge in [-0.2, -0.15) is 0 Å². The molecule has 114 valence electrons. The molecule has 0 aromatic heterocycles. The number of anilines is 1. The molecule has 1 aliphatic rings. The van der Waals surface area contributed by atoms with Gasteiger partial charge < -0.3 is 16.4 Å².